The topological polar surface area (TPSA) is 41.1 Å². The summed E-state index contributed by atoms with van der Waals surface area (Å²) in [5.74, 6) is 0.0179. The Kier molecular flexibility index (Phi) is 4.52. The van der Waals surface area contributed by atoms with E-state index in [4.69, 9.17) is 0 Å². The zero-order chi connectivity index (χ0) is 13.9. The summed E-state index contributed by atoms with van der Waals surface area (Å²) in [4.78, 5) is 12.0. The lowest BCUT2D eigenvalue weighted by Gasteiger charge is -2.23. The first-order valence-electron chi connectivity index (χ1n) is 6.32. The molecule has 1 amide bonds. The average Bonchev–Trinajstić information content (AvgIpc) is 2.27. The lowest BCUT2D eigenvalue weighted by Crippen LogP contribution is -2.50. The fourth-order valence-corrected chi connectivity index (χ4v) is 1.99. The highest BCUT2D eigenvalue weighted by Crippen LogP contribution is 2.16. The fraction of sp³-hybridized carbons (Fsp3) is 0.533. The first-order chi connectivity index (χ1) is 8.27. The highest BCUT2D eigenvalue weighted by molar-refractivity contribution is 5.85. The van der Waals surface area contributed by atoms with Crippen LogP contribution < -0.4 is 10.6 Å². The molecule has 18 heavy (non-hydrogen) atoms. The van der Waals surface area contributed by atoms with Crippen LogP contribution in [0.5, 0.6) is 0 Å². The smallest absolute Gasteiger partial charge is 0.239 e. The van der Waals surface area contributed by atoms with Crippen molar-refractivity contribution in [3.63, 3.8) is 0 Å². The van der Waals surface area contributed by atoms with Gasteiger partial charge in [0.2, 0.25) is 5.91 Å². The van der Waals surface area contributed by atoms with Crippen LogP contribution in [0.15, 0.2) is 12.1 Å². The monoisotopic (exact) mass is 248 g/mol. The van der Waals surface area contributed by atoms with E-state index in [1.54, 1.807) is 7.05 Å². The molecule has 0 aliphatic rings. The third-order valence-electron chi connectivity index (χ3n) is 3.46. The van der Waals surface area contributed by atoms with Crippen LogP contribution in [-0.4, -0.2) is 18.5 Å². The number of aryl methyl sites for hydroxylation is 3. The van der Waals surface area contributed by atoms with Crippen molar-refractivity contribution in [2.75, 3.05) is 7.05 Å². The van der Waals surface area contributed by atoms with Gasteiger partial charge in [-0.05, 0) is 58.4 Å². The molecule has 100 valence electrons. The predicted molar refractivity (Wildman–Crippen MR) is 75.6 cm³/mol. The summed E-state index contributed by atoms with van der Waals surface area (Å²) in [5, 5.41) is 5.99. The highest BCUT2D eigenvalue weighted by atomic mass is 16.2. The van der Waals surface area contributed by atoms with Gasteiger partial charge < -0.3 is 10.6 Å². The van der Waals surface area contributed by atoms with E-state index >= 15 is 0 Å². The maximum atomic E-state index is 12.0. The molecule has 0 saturated heterocycles. The molecule has 0 radical (unpaired) electrons. The Balaban J connectivity index is 2.79. The average molecular weight is 248 g/mol. The van der Waals surface area contributed by atoms with Gasteiger partial charge >= 0.3 is 0 Å². The molecule has 0 aromatic heterocycles. The highest BCUT2D eigenvalue weighted by Gasteiger charge is 2.24. The second-order valence-corrected chi connectivity index (χ2v) is 5.43. The van der Waals surface area contributed by atoms with E-state index in [-0.39, 0.29) is 5.91 Å². The second-order valence-electron chi connectivity index (χ2n) is 5.43. The van der Waals surface area contributed by atoms with E-state index in [1.807, 2.05) is 13.8 Å². The van der Waals surface area contributed by atoms with Gasteiger partial charge in [-0.2, -0.15) is 0 Å². The standard InChI is InChI=1S/C15H24N2O/c1-10-7-11(2)13(12(3)8-10)9-17-14(18)15(4,5)16-6/h7-8,16H,9H2,1-6H3,(H,17,18). The molecule has 3 heteroatoms. The Hall–Kier alpha value is -1.35. The molecule has 0 spiro atoms. The number of benzene rings is 1. The minimum absolute atomic E-state index is 0.0179. The van der Waals surface area contributed by atoms with Crippen LogP contribution in [0.1, 0.15) is 36.1 Å². The Morgan fingerprint density at radius 2 is 1.67 bits per heavy atom. The van der Waals surface area contributed by atoms with Gasteiger partial charge in [-0.3, -0.25) is 4.79 Å². The lowest BCUT2D eigenvalue weighted by atomic mass is 9.99. The Morgan fingerprint density at radius 3 is 2.11 bits per heavy atom. The zero-order valence-electron chi connectivity index (χ0n) is 12.3. The van der Waals surface area contributed by atoms with E-state index in [0.717, 1.165) is 0 Å². The van der Waals surface area contributed by atoms with Crippen LogP contribution in [0.3, 0.4) is 0 Å². The Bertz CT molecular complexity index is 427. The summed E-state index contributed by atoms with van der Waals surface area (Å²) in [5.41, 5.74) is 4.40. The number of likely N-dealkylation sites (N-methyl/N-ethyl adjacent to an activating group) is 1. The molecule has 1 aromatic rings. The van der Waals surface area contributed by atoms with Gasteiger partial charge in [-0.1, -0.05) is 17.7 Å². The SMILES string of the molecule is CNC(C)(C)C(=O)NCc1c(C)cc(C)cc1C. The minimum atomic E-state index is -0.535. The molecule has 0 saturated carbocycles. The van der Waals surface area contributed by atoms with Gasteiger partial charge in [0.25, 0.3) is 0 Å². The quantitative estimate of drug-likeness (QED) is 0.858. The van der Waals surface area contributed by atoms with Crippen molar-refractivity contribution in [2.24, 2.45) is 0 Å². The van der Waals surface area contributed by atoms with Crippen molar-refractivity contribution in [1.29, 1.82) is 0 Å². The molecule has 0 bridgehead atoms. The summed E-state index contributed by atoms with van der Waals surface area (Å²) in [6.45, 7) is 10.6. The summed E-state index contributed by atoms with van der Waals surface area (Å²) < 4.78 is 0. The van der Waals surface area contributed by atoms with Crippen LogP contribution in [0.4, 0.5) is 0 Å². The lowest BCUT2D eigenvalue weighted by molar-refractivity contribution is -0.126. The first kappa shape index (κ1) is 14.7. The van der Waals surface area contributed by atoms with E-state index < -0.39 is 5.54 Å². The van der Waals surface area contributed by atoms with Gasteiger partial charge in [0.1, 0.15) is 0 Å². The Morgan fingerprint density at radius 1 is 1.17 bits per heavy atom. The van der Waals surface area contributed by atoms with E-state index in [1.165, 1.54) is 22.3 Å². The van der Waals surface area contributed by atoms with Gasteiger partial charge in [0.15, 0.2) is 0 Å². The molecule has 1 aromatic carbocycles. The Labute approximate surface area is 110 Å². The molecule has 0 heterocycles. The molecular weight excluding hydrogens is 224 g/mol. The molecule has 0 fully saturated rings. The normalized spacial score (nSPS) is 11.4. The van der Waals surface area contributed by atoms with Crippen LogP contribution in [0, 0.1) is 20.8 Å². The van der Waals surface area contributed by atoms with Crippen LogP contribution in [0.2, 0.25) is 0 Å². The summed E-state index contributed by atoms with van der Waals surface area (Å²) in [6.07, 6.45) is 0. The molecule has 0 aliphatic heterocycles. The number of carbonyl (C=O) groups is 1. The van der Waals surface area contributed by atoms with E-state index in [2.05, 4.69) is 43.5 Å². The molecule has 2 N–H and O–H groups in total. The van der Waals surface area contributed by atoms with Gasteiger partial charge in [0.05, 0.1) is 5.54 Å². The van der Waals surface area contributed by atoms with Crippen molar-refractivity contribution in [3.05, 3.63) is 34.4 Å². The minimum Gasteiger partial charge on any atom is -0.350 e. The molecule has 0 unspecified atom stereocenters. The van der Waals surface area contributed by atoms with Crippen LogP contribution in [0.25, 0.3) is 0 Å². The number of rotatable bonds is 4. The zero-order valence-corrected chi connectivity index (χ0v) is 12.3. The van der Waals surface area contributed by atoms with Crippen molar-refractivity contribution in [1.82, 2.24) is 10.6 Å². The molecular formula is C15H24N2O. The second kappa shape index (κ2) is 5.53. The van der Waals surface area contributed by atoms with Gasteiger partial charge in [-0.15, -0.1) is 0 Å². The summed E-state index contributed by atoms with van der Waals surface area (Å²) >= 11 is 0. The fourth-order valence-electron chi connectivity index (χ4n) is 1.99. The van der Waals surface area contributed by atoms with Crippen LogP contribution >= 0.6 is 0 Å². The largest absolute Gasteiger partial charge is 0.350 e. The molecule has 0 atom stereocenters. The number of hydrogen-bond donors (Lipinski definition) is 2. The molecule has 0 aliphatic carbocycles. The van der Waals surface area contributed by atoms with Crippen molar-refractivity contribution in [2.45, 2.75) is 46.7 Å². The van der Waals surface area contributed by atoms with Crippen LogP contribution in [-0.2, 0) is 11.3 Å². The van der Waals surface area contributed by atoms with Gasteiger partial charge in [0, 0.05) is 6.54 Å². The molecule has 1 rings (SSSR count). The summed E-state index contributed by atoms with van der Waals surface area (Å²) in [6, 6.07) is 4.30. The predicted octanol–water partition coefficient (Wildman–Crippen LogP) is 2.23. The number of amides is 1. The van der Waals surface area contributed by atoms with Crippen molar-refractivity contribution >= 4 is 5.91 Å². The third kappa shape index (κ3) is 3.33. The van der Waals surface area contributed by atoms with E-state index in [9.17, 15) is 4.79 Å². The maximum absolute atomic E-state index is 12.0. The maximum Gasteiger partial charge on any atom is 0.239 e. The third-order valence-corrected chi connectivity index (χ3v) is 3.46. The number of hydrogen-bond acceptors (Lipinski definition) is 2. The number of carbonyl (C=O) groups excluding carboxylic acids is 1. The first-order valence-corrected chi connectivity index (χ1v) is 6.32. The van der Waals surface area contributed by atoms with Gasteiger partial charge in [-0.25, -0.2) is 0 Å². The molecule has 3 nitrogen and oxygen atoms in total. The summed E-state index contributed by atoms with van der Waals surface area (Å²) in [7, 11) is 1.79. The number of nitrogens with one attached hydrogen (secondary N) is 2. The van der Waals surface area contributed by atoms with Crippen molar-refractivity contribution in [3.8, 4) is 0 Å². The van der Waals surface area contributed by atoms with Crippen molar-refractivity contribution < 1.29 is 4.79 Å². The van der Waals surface area contributed by atoms with E-state index in [0.29, 0.717) is 6.54 Å².